The van der Waals surface area contributed by atoms with E-state index >= 15 is 0 Å². The molecule has 0 aliphatic carbocycles. The van der Waals surface area contributed by atoms with Crippen LogP contribution in [0.3, 0.4) is 0 Å². The van der Waals surface area contributed by atoms with Crippen LogP contribution in [0.1, 0.15) is 19.8 Å². The minimum atomic E-state index is 0.287. The third-order valence-corrected chi connectivity index (χ3v) is 4.87. The van der Waals surface area contributed by atoms with E-state index in [9.17, 15) is 0 Å². The van der Waals surface area contributed by atoms with Crippen molar-refractivity contribution in [2.24, 2.45) is 0 Å². The molecule has 0 spiro atoms. The number of rotatable bonds is 5. The Morgan fingerprint density at radius 3 is 2.74 bits per heavy atom. The maximum atomic E-state index is 5.78. The van der Waals surface area contributed by atoms with Crippen molar-refractivity contribution in [2.75, 3.05) is 20.8 Å². The SMILES string of the molecule is COc1ccc(-c2nnc(S[C@@H]3CCO[C@@H](C)C3)o2)cc1OC. The van der Waals surface area contributed by atoms with E-state index in [1.54, 1.807) is 26.0 Å². The molecule has 0 radical (unpaired) electrons. The van der Waals surface area contributed by atoms with E-state index < -0.39 is 0 Å². The molecule has 7 heteroatoms. The molecule has 1 aromatic carbocycles. The molecule has 0 N–H and O–H groups in total. The molecule has 1 fully saturated rings. The fraction of sp³-hybridized carbons (Fsp3) is 0.500. The average Bonchev–Trinajstić information content (AvgIpc) is 3.02. The molecule has 124 valence electrons. The van der Waals surface area contributed by atoms with Crippen LogP contribution in [0.5, 0.6) is 11.5 Å². The molecule has 0 amide bonds. The van der Waals surface area contributed by atoms with Crippen LogP contribution in [0.2, 0.25) is 0 Å². The molecule has 23 heavy (non-hydrogen) atoms. The largest absolute Gasteiger partial charge is 0.493 e. The number of thioether (sulfide) groups is 1. The standard InChI is InChI=1S/C16H20N2O4S/c1-10-8-12(6-7-21-10)23-16-18-17-15(22-16)11-4-5-13(19-2)14(9-11)20-3/h4-5,9-10,12H,6-8H2,1-3H3/t10-,12+/m0/s1. The van der Waals surface area contributed by atoms with Gasteiger partial charge in [-0.05, 0) is 38.0 Å². The smallest absolute Gasteiger partial charge is 0.277 e. The van der Waals surface area contributed by atoms with Crippen molar-refractivity contribution in [3.8, 4) is 23.0 Å². The molecule has 6 nitrogen and oxygen atoms in total. The Balaban J connectivity index is 1.74. The van der Waals surface area contributed by atoms with E-state index in [2.05, 4.69) is 17.1 Å². The molecule has 2 aromatic rings. The van der Waals surface area contributed by atoms with E-state index in [0.29, 0.717) is 27.9 Å². The molecule has 2 heterocycles. The van der Waals surface area contributed by atoms with Crippen molar-refractivity contribution >= 4 is 11.8 Å². The average molecular weight is 336 g/mol. The van der Waals surface area contributed by atoms with E-state index in [1.165, 1.54) is 0 Å². The van der Waals surface area contributed by atoms with Crippen LogP contribution in [0.4, 0.5) is 0 Å². The van der Waals surface area contributed by atoms with E-state index in [-0.39, 0.29) is 6.10 Å². The molecule has 0 saturated carbocycles. The normalized spacial score (nSPS) is 21.2. The molecule has 0 bridgehead atoms. The number of aromatic nitrogens is 2. The first-order valence-electron chi connectivity index (χ1n) is 7.53. The van der Waals surface area contributed by atoms with Gasteiger partial charge in [0.2, 0.25) is 5.89 Å². The van der Waals surface area contributed by atoms with Gasteiger partial charge in [-0.2, -0.15) is 0 Å². The third-order valence-electron chi connectivity index (χ3n) is 3.74. The predicted molar refractivity (Wildman–Crippen MR) is 87.1 cm³/mol. The van der Waals surface area contributed by atoms with Crippen LogP contribution in [-0.2, 0) is 4.74 Å². The summed E-state index contributed by atoms with van der Waals surface area (Å²) in [6.45, 7) is 2.88. The monoisotopic (exact) mass is 336 g/mol. The first kappa shape index (κ1) is 16.1. The summed E-state index contributed by atoms with van der Waals surface area (Å²) in [6, 6.07) is 5.53. The van der Waals surface area contributed by atoms with E-state index in [1.807, 2.05) is 18.2 Å². The molecular weight excluding hydrogens is 316 g/mol. The van der Waals surface area contributed by atoms with Crippen LogP contribution in [0.15, 0.2) is 27.8 Å². The van der Waals surface area contributed by atoms with E-state index in [4.69, 9.17) is 18.6 Å². The maximum Gasteiger partial charge on any atom is 0.277 e. The number of ether oxygens (including phenoxy) is 3. The Kier molecular flexibility index (Phi) is 5.07. The van der Waals surface area contributed by atoms with Gasteiger partial charge in [-0.1, -0.05) is 11.8 Å². The van der Waals surface area contributed by atoms with Crippen molar-refractivity contribution in [3.63, 3.8) is 0 Å². The van der Waals surface area contributed by atoms with Crippen LogP contribution in [0, 0.1) is 0 Å². The molecule has 3 rings (SSSR count). The summed E-state index contributed by atoms with van der Waals surface area (Å²) < 4.78 is 21.9. The van der Waals surface area contributed by atoms with Gasteiger partial charge in [0.1, 0.15) is 0 Å². The maximum absolute atomic E-state index is 5.78. The summed E-state index contributed by atoms with van der Waals surface area (Å²) in [4.78, 5) is 0. The quantitative estimate of drug-likeness (QED) is 0.829. The second-order valence-electron chi connectivity index (χ2n) is 5.39. The Hall–Kier alpha value is -1.73. The summed E-state index contributed by atoms with van der Waals surface area (Å²) >= 11 is 1.63. The van der Waals surface area contributed by atoms with Crippen molar-refractivity contribution < 1.29 is 18.6 Å². The minimum Gasteiger partial charge on any atom is -0.493 e. The zero-order valence-corrected chi connectivity index (χ0v) is 14.3. The van der Waals surface area contributed by atoms with Gasteiger partial charge in [0.15, 0.2) is 11.5 Å². The number of hydrogen-bond donors (Lipinski definition) is 0. The first-order chi connectivity index (χ1) is 11.2. The van der Waals surface area contributed by atoms with Gasteiger partial charge >= 0.3 is 0 Å². The highest BCUT2D eigenvalue weighted by molar-refractivity contribution is 7.99. The highest BCUT2D eigenvalue weighted by Gasteiger charge is 2.23. The van der Waals surface area contributed by atoms with Gasteiger partial charge in [-0.15, -0.1) is 10.2 Å². The second kappa shape index (κ2) is 7.23. The number of hydrogen-bond acceptors (Lipinski definition) is 7. The summed E-state index contributed by atoms with van der Waals surface area (Å²) in [5.41, 5.74) is 0.808. The zero-order valence-electron chi connectivity index (χ0n) is 13.4. The van der Waals surface area contributed by atoms with Gasteiger partial charge in [0, 0.05) is 17.4 Å². The fourth-order valence-electron chi connectivity index (χ4n) is 2.55. The summed E-state index contributed by atoms with van der Waals surface area (Å²) in [6.07, 6.45) is 2.29. The lowest BCUT2D eigenvalue weighted by Gasteiger charge is -2.25. The highest BCUT2D eigenvalue weighted by Crippen LogP contribution is 2.35. The second-order valence-corrected chi connectivity index (χ2v) is 6.64. The van der Waals surface area contributed by atoms with Crippen molar-refractivity contribution in [1.82, 2.24) is 10.2 Å². The predicted octanol–water partition coefficient (Wildman–Crippen LogP) is 3.41. The Bertz CT molecular complexity index is 661. The van der Waals surface area contributed by atoms with Gasteiger partial charge in [0.25, 0.3) is 5.22 Å². The fourth-order valence-corrected chi connectivity index (χ4v) is 3.63. The Labute approximate surface area is 139 Å². The van der Waals surface area contributed by atoms with E-state index in [0.717, 1.165) is 25.0 Å². The van der Waals surface area contributed by atoms with Crippen molar-refractivity contribution in [3.05, 3.63) is 18.2 Å². The summed E-state index contributed by atoms with van der Waals surface area (Å²) in [5.74, 6) is 1.78. The van der Waals surface area contributed by atoms with Crippen LogP contribution in [0.25, 0.3) is 11.5 Å². The molecule has 1 saturated heterocycles. The minimum absolute atomic E-state index is 0.287. The van der Waals surface area contributed by atoms with Crippen LogP contribution < -0.4 is 9.47 Å². The van der Waals surface area contributed by atoms with Gasteiger partial charge in [-0.25, -0.2) is 0 Å². The Morgan fingerprint density at radius 2 is 2.00 bits per heavy atom. The van der Waals surface area contributed by atoms with Crippen LogP contribution >= 0.6 is 11.8 Å². The lowest BCUT2D eigenvalue weighted by molar-refractivity contribution is 0.0313. The molecule has 1 aliphatic rings. The van der Waals surface area contributed by atoms with Gasteiger partial charge in [0.05, 0.1) is 20.3 Å². The number of benzene rings is 1. The molecule has 0 unspecified atom stereocenters. The van der Waals surface area contributed by atoms with Gasteiger partial charge in [-0.3, -0.25) is 0 Å². The molecule has 2 atom stereocenters. The topological polar surface area (TPSA) is 66.6 Å². The first-order valence-corrected chi connectivity index (χ1v) is 8.41. The summed E-state index contributed by atoms with van der Waals surface area (Å²) in [7, 11) is 3.21. The molecule has 1 aliphatic heterocycles. The molecule has 1 aromatic heterocycles. The third kappa shape index (κ3) is 3.79. The summed E-state index contributed by atoms with van der Waals surface area (Å²) in [5, 5.41) is 9.33. The van der Waals surface area contributed by atoms with Crippen molar-refractivity contribution in [2.45, 2.75) is 36.3 Å². The van der Waals surface area contributed by atoms with Gasteiger partial charge < -0.3 is 18.6 Å². The lowest BCUT2D eigenvalue weighted by atomic mass is 10.1. The lowest BCUT2D eigenvalue weighted by Crippen LogP contribution is -2.24. The van der Waals surface area contributed by atoms with Crippen molar-refractivity contribution in [1.29, 1.82) is 0 Å². The number of methoxy groups -OCH3 is 2. The Morgan fingerprint density at radius 1 is 1.17 bits per heavy atom. The highest BCUT2D eigenvalue weighted by atomic mass is 32.2. The molecular formula is C16H20N2O4S. The number of nitrogens with zero attached hydrogens (tertiary/aromatic N) is 2. The van der Waals surface area contributed by atoms with Crippen LogP contribution in [-0.4, -0.2) is 42.4 Å². The zero-order chi connectivity index (χ0) is 16.2.